The van der Waals surface area contributed by atoms with Crippen LogP contribution in [0.2, 0.25) is 0 Å². The van der Waals surface area contributed by atoms with Crippen LogP contribution in [-0.4, -0.2) is 13.7 Å². The highest BCUT2D eigenvalue weighted by Gasteiger charge is 2.09. The molecule has 0 aliphatic carbocycles. The molecule has 3 aromatic rings. The fourth-order valence-electron chi connectivity index (χ4n) is 2.74. The Morgan fingerprint density at radius 1 is 0.917 bits per heavy atom. The van der Waals surface area contributed by atoms with Gasteiger partial charge in [-0.15, -0.1) is 0 Å². The van der Waals surface area contributed by atoms with Crippen molar-refractivity contribution in [1.82, 2.24) is 0 Å². The average Bonchev–Trinajstić information content (AvgIpc) is 2.65. The van der Waals surface area contributed by atoms with Gasteiger partial charge in [0.05, 0.1) is 13.7 Å². The van der Waals surface area contributed by atoms with Crippen molar-refractivity contribution in [3.05, 3.63) is 66.2 Å². The quantitative estimate of drug-likeness (QED) is 0.645. The third-order valence-electron chi connectivity index (χ3n) is 4.02. The van der Waals surface area contributed by atoms with Crippen LogP contribution < -0.4 is 14.8 Å². The van der Waals surface area contributed by atoms with Crippen LogP contribution in [0, 0.1) is 0 Å². The Labute approximate surface area is 143 Å². The van der Waals surface area contributed by atoms with Gasteiger partial charge in [-0.2, -0.15) is 0 Å². The fraction of sp³-hybridized carbons (Fsp3) is 0.238. The summed E-state index contributed by atoms with van der Waals surface area (Å²) < 4.78 is 11.2. The molecule has 0 saturated heterocycles. The molecule has 0 saturated carbocycles. The van der Waals surface area contributed by atoms with Gasteiger partial charge in [0.15, 0.2) is 0 Å². The molecular formula is C21H23NO2. The van der Waals surface area contributed by atoms with E-state index in [-0.39, 0.29) is 0 Å². The number of nitrogens with one attached hydrogen (secondary N) is 1. The summed E-state index contributed by atoms with van der Waals surface area (Å²) in [5, 5.41) is 5.94. The van der Waals surface area contributed by atoms with Crippen LogP contribution in [0.15, 0.2) is 60.7 Å². The van der Waals surface area contributed by atoms with Crippen LogP contribution in [0.4, 0.5) is 5.69 Å². The minimum absolute atomic E-state index is 0.715. The predicted octanol–water partition coefficient (Wildman–Crippen LogP) is 5.25. The third-order valence-corrected chi connectivity index (χ3v) is 4.02. The first kappa shape index (κ1) is 16.2. The van der Waals surface area contributed by atoms with Crippen molar-refractivity contribution >= 4 is 16.5 Å². The van der Waals surface area contributed by atoms with E-state index in [0.717, 1.165) is 30.2 Å². The summed E-state index contributed by atoms with van der Waals surface area (Å²) in [7, 11) is 1.68. The van der Waals surface area contributed by atoms with Gasteiger partial charge in [-0.3, -0.25) is 0 Å². The van der Waals surface area contributed by atoms with Crippen molar-refractivity contribution < 1.29 is 9.47 Å². The van der Waals surface area contributed by atoms with Crippen LogP contribution in [0.5, 0.6) is 11.5 Å². The summed E-state index contributed by atoms with van der Waals surface area (Å²) in [4.78, 5) is 0. The first-order valence-corrected chi connectivity index (χ1v) is 8.33. The highest BCUT2D eigenvalue weighted by atomic mass is 16.5. The molecule has 0 bridgehead atoms. The first-order chi connectivity index (χ1) is 11.8. The van der Waals surface area contributed by atoms with Crippen LogP contribution >= 0.6 is 0 Å². The smallest absolute Gasteiger partial charge is 0.124 e. The lowest BCUT2D eigenvalue weighted by molar-refractivity contribution is 0.315. The van der Waals surface area contributed by atoms with E-state index < -0.39 is 0 Å². The Kier molecular flexibility index (Phi) is 5.22. The Morgan fingerprint density at radius 3 is 2.46 bits per heavy atom. The van der Waals surface area contributed by atoms with Gasteiger partial charge in [0.25, 0.3) is 0 Å². The zero-order chi connectivity index (χ0) is 16.8. The molecule has 0 heterocycles. The summed E-state index contributed by atoms with van der Waals surface area (Å²) in [5.74, 6) is 1.81. The molecular weight excluding hydrogens is 298 g/mol. The van der Waals surface area contributed by atoms with Gasteiger partial charge < -0.3 is 14.8 Å². The fourth-order valence-corrected chi connectivity index (χ4v) is 2.74. The molecule has 0 aromatic heterocycles. The van der Waals surface area contributed by atoms with Crippen molar-refractivity contribution in [3.8, 4) is 11.5 Å². The van der Waals surface area contributed by atoms with Gasteiger partial charge in [-0.05, 0) is 47.5 Å². The van der Waals surface area contributed by atoms with E-state index in [1.807, 2.05) is 24.3 Å². The number of methoxy groups -OCH3 is 1. The van der Waals surface area contributed by atoms with Crippen LogP contribution in [0.1, 0.15) is 18.9 Å². The van der Waals surface area contributed by atoms with Crippen molar-refractivity contribution in [2.24, 2.45) is 0 Å². The maximum atomic E-state index is 5.96. The Hall–Kier alpha value is -2.68. The SMILES string of the molecule is CCCOc1ccc2ccccc2c1CNc1ccc(OC)cc1. The molecule has 24 heavy (non-hydrogen) atoms. The Bertz CT molecular complexity index is 797. The van der Waals surface area contributed by atoms with Gasteiger partial charge in [0.2, 0.25) is 0 Å². The van der Waals surface area contributed by atoms with Crippen molar-refractivity contribution in [1.29, 1.82) is 0 Å². The largest absolute Gasteiger partial charge is 0.497 e. The maximum Gasteiger partial charge on any atom is 0.124 e. The summed E-state index contributed by atoms with van der Waals surface area (Å²) in [6.07, 6.45) is 0.998. The van der Waals surface area contributed by atoms with Crippen LogP contribution in [0.3, 0.4) is 0 Å². The summed E-state index contributed by atoms with van der Waals surface area (Å²) >= 11 is 0. The third kappa shape index (κ3) is 3.62. The molecule has 0 amide bonds. The average molecular weight is 321 g/mol. The molecule has 0 aliphatic rings. The lowest BCUT2D eigenvalue weighted by Gasteiger charge is -2.15. The molecule has 3 rings (SSSR count). The van der Waals surface area contributed by atoms with Gasteiger partial charge in [0, 0.05) is 17.8 Å². The van der Waals surface area contributed by atoms with E-state index in [1.165, 1.54) is 16.3 Å². The van der Waals surface area contributed by atoms with E-state index in [2.05, 4.69) is 48.6 Å². The molecule has 0 unspecified atom stereocenters. The van der Waals surface area contributed by atoms with E-state index in [9.17, 15) is 0 Å². The number of fused-ring (bicyclic) bond motifs is 1. The Balaban J connectivity index is 1.87. The normalized spacial score (nSPS) is 10.6. The highest BCUT2D eigenvalue weighted by molar-refractivity contribution is 5.88. The number of ether oxygens (including phenoxy) is 2. The second-order valence-electron chi connectivity index (χ2n) is 5.69. The molecule has 3 nitrogen and oxygen atoms in total. The molecule has 3 aromatic carbocycles. The second-order valence-corrected chi connectivity index (χ2v) is 5.69. The van der Waals surface area contributed by atoms with Crippen molar-refractivity contribution in [2.45, 2.75) is 19.9 Å². The summed E-state index contributed by atoms with van der Waals surface area (Å²) in [6, 6.07) is 20.6. The van der Waals surface area contributed by atoms with Crippen molar-refractivity contribution in [3.63, 3.8) is 0 Å². The molecule has 0 atom stereocenters. The molecule has 3 heteroatoms. The van der Waals surface area contributed by atoms with E-state index in [4.69, 9.17) is 9.47 Å². The number of hydrogen-bond acceptors (Lipinski definition) is 3. The molecule has 0 fully saturated rings. The molecule has 0 aliphatic heterocycles. The standard InChI is InChI=1S/C21H23NO2/c1-3-14-24-21-13-8-16-6-4-5-7-19(16)20(21)15-22-17-9-11-18(23-2)12-10-17/h4-13,22H,3,14-15H2,1-2H3. The number of anilines is 1. The van der Waals surface area contributed by atoms with Gasteiger partial charge in [-0.25, -0.2) is 0 Å². The minimum Gasteiger partial charge on any atom is -0.497 e. The van der Waals surface area contributed by atoms with Gasteiger partial charge >= 0.3 is 0 Å². The number of hydrogen-bond donors (Lipinski definition) is 1. The number of benzene rings is 3. The molecule has 124 valence electrons. The summed E-state index contributed by atoms with van der Waals surface area (Å²) in [5.41, 5.74) is 2.25. The Morgan fingerprint density at radius 2 is 1.71 bits per heavy atom. The van der Waals surface area contributed by atoms with Crippen LogP contribution in [0.25, 0.3) is 10.8 Å². The van der Waals surface area contributed by atoms with Crippen molar-refractivity contribution in [2.75, 3.05) is 19.0 Å². The lowest BCUT2D eigenvalue weighted by atomic mass is 10.0. The predicted molar refractivity (Wildman–Crippen MR) is 100 cm³/mol. The molecule has 1 N–H and O–H groups in total. The van der Waals surface area contributed by atoms with Gasteiger partial charge in [0.1, 0.15) is 11.5 Å². The zero-order valence-corrected chi connectivity index (χ0v) is 14.2. The van der Waals surface area contributed by atoms with E-state index >= 15 is 0 Å². The van der Waals surface area contributed by atoms with E-state index in [1.54, 1.807) is 7.11 Å². The highest BCUT2D eigenvalue weighted by Crippen LogP contribution is 2.29. The monoisotopic (exact) mass is 321 g/mol. The minimum atomic E-state index is 0.715. The van der Waals surface area contributed by atoms with Crippen LogP contribution in [-0.2, 0) is 6.54 Å². The second kappa shape index (κ2) is 7.73. The lowest BCUT2D eigenvalue weighted by Crippen LogP contribution is -2.05. The number of rotatable bonds is 7. The molecule has 0 radical (unpaired) electrons. The maximum absolute atomic E-state index is 5.96. The van der Waals surface area contributed by atoms with E-state index in [0.29, 0.717) is 6.54 Å². The van der Waals surface area contributed by atoms with Gasteiger partial charge in [-0.1, -0.05) is 37.3 Å². The first-order valence-electron chi connectivity index (χ1n) is 8.33. The topological polar surface area (TPSA) is 30.5 Å². The zero-order valence-electron chi connectivity index (χ0n) is 14.2. The molecule has 0 spiro atoms. The summed E-state index contributed by atoms with van der Waals surface area (Å²) in [6.45, 7) is 3.57.